The van der Waals surface area contributed by atoms with E-state index in [0.29, 0.717) is 17.8 Å². The number of carbonyl (C=O) groups excluding carboxylic acids is 1. The average Bonchev–Trinajstić information content (AvgIpc) is 2.52. The van der Waals surface area contributed by atoms with Crippen molar-refractivity contribution in [2.45, 2.75) is 13.8 Å². The second-order valence-corrected chi connectivity index (χ2v) is 5.25. The summed E-state index contributed by atoms with van der Waals surface area (Å²) in [6, 6.07) is 15.3. The number of benzene rings is 2. The molecular weight excluding hydrogens is 345 g/mol. The van der Waals surface area contributed by atoms with E-state index >= 15 is 0 Å². The van der Waals surface area contributed by atoms with Crippen molar-refractivity contribution in [3.8, 4) is 0 Å². The first-order valence-electron chi connectivity index (χ1n) is 7.56. The molecule has 1 amide bonds. The number of hydrogen-bond donors (Lipinski definition) is 2. The Labute approximate surface area is 156 Å². The normalized spacial score (nSPS) is 9.42. The minimum atomic E-state index is -0.0897. The van der Waals surface area contributed by atoms with Gasteiger partial charge < -0.3 is 16.0 Å². The number of nitrogen functional groups attached to an aromatic ring is 1. The molecule has 0 heterocycles. The number of hydrogen-bond acceptors (Lipinski definition) is 3. The number of nitrogens with zero attached hydrogens (tertiary/aromatic N) is 1. The fourth-order valence-electron chi connectivity index (χ4n) is 2.45. The first-order chi connectivity index (χ1) is 10.6. The maximum Gasteiger partial charge on any atom is 0.251 e. The maximum atomic E-state index is 12.1. The lowest BCUT2D eigenvalue weighted by molar-refractivity contribution is 0.0954. The van der Waals surface area contributed by atoms with Crippen molar-refractivity contribution in [1.29, 1.82) is 0 Å². The van der Waals surface area contributed by atoms with Crippen LogP contribution in [0.1, 0.15) is 22.8 Å². The molecule has 0 saturated carbocycles. The van der Waals surface area contributed by atoms with E-state index in [1.807, 2.05) is 12.1 Å². The van der Waals surface area contributed by atoms with Gasteiger partial charge in [-0.3, -0.25) is 4.79 Å². The van der Waals surface area contributed by atoms with E-state index in [4.69, 9.17) is 5.73 Å². The molecule has 132 valence electrons. The lowest BCUT2D eigenvalue weighted by atomic mass is 10.2. The number of carbonyl (C=O) groups is 1. The van der Waals surface area contributed by atoms with Crippen LogP contribution in [-0.4, -0.2) is 25.5 Å². The second kappa shape index (κ2) is 10.8. The summed E-state index contributed by atoms with van der Waals surface area (Å²) in [6.07, 6.45) is 0. The molecule has 0 atom stereocenters. The Kier molecular flexibility index (Phi) is 9.93. The second-order valence-electron chi connectivity index (χ2n) is 5.25. The van der Waals surface area contributed by atoms with Gasteiger partial charge in [-0.15, -0.1) is 24.8 Å². The highest BCUT2D eigenvalue weighted by molar-refractivity contribution is 5.95. The minimum absolute atomic E-state index is 0. The Morgan fingerprint density at radius 1 is 1.12 bits per heavy atom. The zero-order valence-electron chi connectivity index (χ0n) is 14.0. The summed E-state index contributed by atoms with van der Waals surface area (Å²) < 4.78 is 0. The number of likely N-dealkylation sites (N-methyl/N-ethyl adjacent to an activating group) is 1. The number of amides is 1. The third-order valence-corrected chi connectivity index (χ3v) is 3.65. The van der Waals surface area contributed by atoms with Crippen molar-refractivity contribution < 1.29 is 4.79 Å². The Morgan fingerprint density at radius 3 is 2.46 bits per heavy atom. The number of anilines is 2. The number of nitrogens with one attached hydrogen (secondary N) is 1. The molecule has 0 fully saturated rings. The SMILES string of the molecule is CCN(CCNC(=O)c1cccc(N)c1)c1ccccc1C.Cl.Cl. The van der Waals surface area contributed by atoms with Crippen LogP contribution in [0.5, 0.6) is 0 Å². The number of nitrogens with two attached hydrogens (primary N) is 1. The fraction of sp³-hybridized carbons (Fsp3) is 0.278. The van der Waals surface area contributed by atoms with E-state index in [2.05, 4.69) is 36.2 Å². The van der Waals surface area contributed by atoms with Crippen molar-refractivity contribution in [2.75, 3.05) is 30.3 Å². The summed E-state index contributed by atoms with van der Waals surface area (Å²) in [5.41, 5.74) is 9.35. The van der Waals surface area contributed by atoms with Gasteiger partial charge in [-0.1, -0.05) is 24.3 Å². The van der Waals surface area contributed by atoms with Crippen LogP contribution >= 0.6 is 24.8 Å². The molecule has 0 radical (unpaired) electrons. The smallest absolute Gasteiger partial charge is 0.251 e. The Hall–Kier alpha value is -1.91. The van der Waals surface area contributed by atoms with E-state index in [-0.39, 0.29) is 30.7 Å². The van der Waals surface area contributed by atoms with Gasteiger partial charge in [0.05, 0.1) is 0 Å². The van der Waals surface area contributed by atoms with Gasteiger partial charge in [0.1, 0.15) is 0 Å². The summed E-state index contributed by atoms with van der Waals surface area (Å²) in [5.74, 6) is -0.0897. The topological polar surface area (TPSA) is 58.4 Å². The van der Waals surface area contributed by atoms with Crippen molar-refractivity contribution in [1.82, 2.24) is 5.32 Å². The van der Waals surface area contributed by atoms with Crippen LogP contribution < -0.4 is 16.0 Å². The Balaban J connectivity index is 0.00000264. The third kappa shape index (κ3) is 5.95. The molecule has 0 aliphatic rings. The highest BCUT2D eigenvalue weighted by atomic mass is 35.5. The van der Waals surface area contributed by atoms with Crippen LogP contribution in [0.25, 0.3) is 0 Å². The van der Waals surface area contributed by atoms with Gasteiger partial charge >= 0.3 is 0 Å². The van der Waals surface area contributed by atoms with E-state index in [0.717, 1.165) is 13.1 Å². The van der Waals surface area contributed by atoms with E-state index < -0.39 is 0 Å². The van der Waals surface area contributed by atoms with Crippen LogP contribution in [0.4, 0.5) is 11.4 Å². The summed E-state index contributed by atoms with van der Waals surface area (Å²) in [6.45, 7) is 6.49. The number of aryl methyl sites for hydroxylation is 1. The van der Waals surface area contributed by atoms with Crippen LogP contribution in [0.3, 0.4) is 0 Å². The van der Waals surface area contributed by atoms with Crippen molar-refractivity contribution in [3.63, 3.8) is 0 Å². The van der Waals surface area contributed by atoms with E-state index in [1.54, 1.807) is 24.3 Å². The quantitative estimate of drug-likeness (QED) is 0.763. The molecule has 2 aromatic rings. The van der Waals surface area contributed by atoms with Crippen LogP contribution in [0.2, 0.25) is 0 Å². The average molecular weight is 370 g/mol. The van der Waals surface area contributed by atoms with E-state index in [9.17, 15) is 4.79 Å². The third-order valence-electron chi connectivity index (χ3n) is 3.65. The molecular formula is C18H25Cl2N3O. The van der Waals surface area contributed by atoms with Crippen LogP contribution in [0, 0.1) is 6.92 Å². The van der Waals surface area contributed by atoms with Crippen LogP contribution in [-0.2, 0) is 0 Å². The van der Waals surface area contributed by atoms with Gasteiger partial charge in [0, 0.05) is 36.6 Å². The van der Waals surface area contributed by atoms with E-state index in [1.165, 1.54) is 11.3 Å². The van der Waals surface area contributed by atoms with Gasteiger partial charge in [0.2, 0.25) is 0 Å². The first-order valence-corrected chi connectivity index (χ1v) is 7.56. The molecule has 0 aromatic heterocycles. The molecule has 2 aromatic carbocycles. The molecule has 24 heavy (non-hydrogen) atoms. The molecule has 0 spiro atoms. The Bertz CT molecular complexity index is 650. The highest BCUT2D eigenvalue weighted by Gasteiger charge is 2.08. The summed E-state index contributed by atoms with van der Waals surface area (Å²) >= 11 is 0. The predicted molar refractivity (Wildman–Crippen MR) is 107 cm³/mol. The molecule has 0 aliphatic carbocycles. The Morgan fingerprint density at radius 2 is 1.83 bits per heavy atom. The van der Waals surface area contributed by atoms with Gasteiger partial charge in [-0.05, 0) is 43.7 Å². The van der Waals surface area contributed by atoms with Gasteiger partial charge in [-0.25, -0.2) is 0 Å². The summed E-state index contributed by atoms with van der Waals surface area (Å²) in [4.78, 5) is 14.3. The number of para-hydroxylation sites is 1. The monoisotopic (exact) mass is 369 g/mol. The maximum absolute atomic E-state index is 12.1. The zero-order valence-corrected chi connectivity index (χ0v) is 15.6. The molecule has 3 N–H and O–H groups in total. The van der Waals surface area contributed by atoms with Crippen molar-refractivity contribution in [3.05, 3.63) is 59.7 Å². The minimum Gasteiger partial charge on any atom is -0.399 e. The van der Waals surface area contributed by atoms with Gasteiger partial charge in [0.25, 0.3) is 5.91 Å². The number of halogens is 2. The standard InChI is InChI=1S/C18H23N3O.2ClH/c1-3-21(17-10-5-4-7-14(17)2)12-11-20-18(22)15-8-6-9-16(19)13-15;;/h4-10,13H,3,11-12,19H2,1-2H3,(H,20,22);2*1H. The van der Waals surface area contributed by atoms with Gasteiger partial charge in [-0.2, -0.15) is 0 Å². The van der Waals surface area contributed by atoms with Gasteiger partial charge in [0.15, 0.2) is 0 Å². The molecule has 0 bridgehead atoms. The molecule has 6 heteroatoms. The molecule has 0 unspecified atom stereocenters. The summed E-state index contributed by atoms with van der Waals surface area (Å²) in [7, 11) is 0. The van der Waals surface area contributed by atoms with Crippen molar-refractivity contribution >= 4 is 42.1 Å². The van der Waals surface area contributed by atoms with Crippen molar-refractivity contribution in [2.24, 2.45) is 0 Å². The molecule has 0 saturated heterocycles. The fourth-order valence-corrected chi connectivity index (χ4v) is 2.45. The molecule has 2 rings (SSSR count). The largest absolute Gasteiger partial charge is 0.399 e. The zero-order chi connectivity index (χ0) is 15.9. The first kappa shape index (κ1) is 22.1. The predicted octanol–water partition coefficient (Wildman–Crippen LogP) is 3.68. The molecule has 4 nitrogen and oxygen atoms in total. The lowest BCUT2D eigenvalue weighted by Gasteiger charge is -2.25. The summed E-state index contributed by atoms with van der Waals surface area (Å²) in [5, 5.41) is 2.94. The number of rotatable bonds is 6. The molecule has 0 aliphatic heterocycles. The lowest BCUT2D eigenvalue weighted by Crippen LogP contribution is -2.35. The highest BCUT2D eigenvalue weighted by Crippen LogP contribution is 2.18. The van der Waals surface area contributed by atoms with Crippen LogP contribution in [0.15, 0.2) is 48.5 Å².